The third-order valence-electron chi connectivity index (χ3n) is 5.22. The van der Waals surface area contributed by atoms with Crippen LogP contribution in [0.4, 0.5) is 0 Å². The Bertz CT molecular complexity index is 718. The number of imidazole rings is 1. The van der Waals surface area contributed by atoms with E-state index in [1.807, 2.05) is 43.4 Å². The molecule has 0 radical (unpaired) electrons. The van der Waals surface area contributed by atoms with Crippen molar-refractivity contribution in [3.63, 3.8) is 0 Å². The highest BCUT2D eigenvalue weighted by Gasteiger charge is 2.46. The zero-order chi connectivity index (χ0) is 16.0. The molecule has 3 heterocycles. The van der Waals surface area contributed by atoms with Crippen LogP contribution < -0.4 is 0 Å². The summed E-state index contributed by atoms with van der Waals surface area (Å²) in [6.07, 6.45) is 11.0. The lowest BCUT2D eigenvalue weighted by Gasteiger charge is -2.34. The molecule has 0 spiro atoms. The molecule has 0 aromatic carbocycles. The van der Waals surface area contributed by atoms with Crippen LogP contribution in [0.5, 0.6) is 0 Å². The number of hydrogen-bond donors (Lipinski definition) is 0. The molecule has 1 aliphatic heterocycles. The standard InChI is InChI=1S/C17H23N5O/c1-12-18-5-7-22(12)14-4-3-6-21(11-14)17(23)16-8-15(16)13-9-19-20(2)10-13/h5,7,9-10,14-16H,3-4,6,8,11H2,1-2H3/t14-,15+,16-/m1/s1. The number of rotatable bonds is 3. The molecule has 6 heteroatoms. The average molecular weight is 313 g/mol. The second-order valence-corrected chi connectivity index (χ2v) is 6.86. The average Bonchev–Trinajstić information content (AvgIpc) is 3.05. The molecule has 0 bridgehead atoms. The number of amides is 1. The zero-order valence-corrected chi connectivity index (χ0v) is 13.7. The molecule has 1 amide bonds. The Balaban J connectivity index is 1.42. The minimum atomic E-state index is 0.154. The van der Waals surface area contributed by atoms with E-state index in [2.05, 4.69) is 19.5 Å². The van der Waals surface area contributed by atoms with Gasteiger partial charge in [0.2, 0.25) is 5.91 Å². The summed E-state index contributed by atoms with van der Waals surface area (Å²) in [5.74, 6) is 1.87. The lowest BCUT2D eigenvalue weighted by Crippen LogP contribution is -2.41. The summed E-state index contributed by atoms with van der Waals surface area (Å²) in [5, 5.41) is 4.22. The van der Waals surface area contributed by atoms with Gasteiger partial charge in [-0.05, 0) is 37.7 Å². The van der Waals surface area contributed by atoms with Crippen LogP contribution in [0.15, 0.2) is 24.8 Å². The highest BCUT2D eigenvalue weighted by Crippen LogP contribution is 2.48. The maximum atomic E-state index is 12.8. The van der Waals surface area contributed by atoms with Crippen molar-refractivity contribution in [2.24, 2.45) is 13.0 Å². The van der Waals surface area contributed by atoms with Crippen molar-refractivity contribution in [2.75, 3.05) is 13.1 Å². The first-order valence-electron chi connectivity index (χ1n) is 8.40. The van der Waals surface area contributed by atoms with Gasteiger partial charge in [0.1, 0.15) is 5.82 Å². The first-order valence-corrected chi connectivity index (χ1v) is 8.40. The van der Waals surface area contributed by atoms with E-state index in [9.17, 15) is 4.79 Å². The molecule has 1 saturated carbocycles. The Morgan fingerprint density at radius 3 is 2.96 bits per heavy atom. The third-order valence-corrected chi connectivity index (χ3v) is 5.22. The van der Waals surface area contributed by atoms with Crippen LogP contribution in [0.25, 0.3) is 0 Å². The lowest BCUT2D eigenvalue weighted by atomic mass is 10.0. The lowest BCUT2D eigenvalue weighted by molar-refractivity contribution is -0.134. The van der Waals surface area contributed by atoms with Crippen molar-refractivity contribution >= 4 is 5.91 Å². The molecule has 23 heavy (non-hydrogen) atoms. The molecule has 2 aromatic heterocycles. The summed E-state index contributed by atoms with van der Waals surface area (Å²) in [4.78, 5) is 19.2. The van der Waals surface area contributed by atoms with Gasteiger partial charge in [0.25, 0.3) is 0 Å². The van der Waals surface area contributed by atoms with Crippen LogP contribution in [0.1, 0.15) is 42.6 Å². The number of piperidine rings is 1. The Morgan fingerprint density at radius 2 is 2.26 bits per heavy atom. The van der Waals surface area contributed by atoms with Gasteiger partial charge >= 0.3 is 0 Å². The van der Waals surface area contributed by atoms with E-state index in [0.717, 1.165) is 38.2 Å². The number of hydrogen-bond acceptors (Lipinski definition) is 3. The highest BCUT2D eigenvalue weighted by molar-refractivity contribution is 5.83. The van der Waals surface area contributed by atoms with Crippen molar-refractivity contribution in [3.8, 4) is 0 Å². The molecular weight excluding hydrogens is 290 g/mol. The van der Waals surface area contributed by atoms with Crippen LogP contribution in [-0.4, -0.2) is 43.2 Å². The largest absolute Gasteiger partial charge is 0.340 e. The summed E-state index contributed by atoms with van der Waals surface area (Å²) < 4.78 is 4.03. The minimum absolute atomic E-state index is 0.154. The maximum Gasteiger partial charge on any atom is 0.226 e. The number of nitrogens with zero attached hydrogens (tertiary/aromatic N) is 5. The van der Waals surface area contributed by atoms with E-state index in [1.165, 1.54) is 5.56 Å². The highest BCUT2D eigenvalue weighted by atomic mass is 16.2. The Labute approximate surface area is 136 Å². The summed E-state index contributed by atoms with van der Waals surface area (Å²) >= 11 is 0. The van der Waals surface area contributed by atoms with Gasteiger partial charge in [-0.1, -0.05) is 0 Å². The first-order chi connectivity index (χ1) is 11.1. The smallest absolute Gasteiger partial charge is 0.226 e. The minimum Gasteiger partial charge on any atom is -0.340 e. The molecule has 2 aliphatic rings. The molecule has 0 N–H and O–H groups in total. The fourth-order valence-corrected chi connectivity index (χ4v) is 3.86. The third kappa shape index (κ3) is 2.66. The molecule has 4 rings (SSSR count). The Kier molecular flexibility index (Phi) is 3.47. The van der Waals surface area contributed by atoms with E-state index in [0.29, 0.717) is 17.9 Å². The van der Waals surface area contributed by atoms with Crippen LogP contribution in [0.2, 0.25) is 0 Å². The fourth-order valence-electron chi connectivity index (χ4n) is 3.86. The second kappa shape index (κ2) is 5.51. The van der Waals surface area contributed by atoms with E-state index in [1.54, 1.807) is 0 Å². The van der Waals surface area contributed by atoms with Gasteiger partial charge in [0.05, 0.1) is 12.2 Å². The Hall–Kier alpha value is -2.11. The van der Waals surface area contributed by atoms with E-state index >= 15 is 0 Å². The van der Waals surface area contributed by atoms with Gasteiger partial charge in [-0.15, -0.1) is 0 Å². The molecule has 122 valence electrons. The van der Waals surface area contributed by atoms with E-state index in [-0.39, 0.29) is 5.92 Å². The van der Waals surface area contributed by atoms with Gasteiger partial charge in [0, 0.05) is 44.6 Å². The molecule has 3 atom stereocenters. The SMILES string of the molecule is Cc1nccn1[C@@H]1CCCN(C(=O)[C@@H]2C[C@H]2c2cnn(C)c2)C1. The van der Waals surface area contributed by atoms with Crippen LogP contribution >= 0.6 is 0 Å². The molecule has 6 nitrogen and oxygen atoms in total. The van der Waals surface area contributed by atoms with Crippen molar-refractivity contribution in [3.05, 3.63) is 36.2 Å². The van der Waals surface area contributed by atoms with Crippen molar-refractivity contribution in [1.29, 1.82) is 0 Å². The Morgan fingerprint density at radius 1 is 1.39 bits per heavy atom. The summed E-state index contributed by atoms with van der Waals surface area (Å²) in [7, 11) is 1.92. The predicted molar refractivity (Wildman–Crippen MR) is 85.9 cm³/mol. The summed E-state index contributed by atoms with van der Waals surface area (Å²) in [5.41, 5.74) is 1.20. The van der Waals surface area contributed by atoms with Crippen molar-refractivity contribution in [2.45, 2.75) is 38.1 Å². The quantitative estimate of drug-likeness (QED) is 0.869. The number of likely N-dealkylation sites (tertiary alicyclic amines) is 1. The van der Waals surface area contributed by atoms with E-state index in [4.69, 9.17) is 0 Å². The number of aromatic nitrogens is 4. The summed E-state index contributed by atoms with van der Waals surface area (Å²) in [6.45, 7) is 3.73. The zero-order valence-electron chi connectivity index (χ0n) is 13.7. The molecule has 2 aromatic rings. The molecular formula is C17H23N5O. The van der Waals surface area contributed by atoms with Gasteiger partial charge in [0.15, 0.2) is 0 Å². The van der Waals surface area contributed by atoms with Gasteiger partial charge in [-0.2, -0.15) is 5.10 Å². The van der Waals surface area contributed by atoms with Gasteiger partial charge < -0.3 is 9.47 Å². The van der Waals surface area contributed by atoms with Gasteiger partial charge in [-0.25, -0.2) is 4.98 Å². The molecule has 0 unspecified atom stereocenters. The monoisotopic (exact) mass is 313 g/mol. The predicted octanol–water partition coefficient (Wildman–Crippen LogP) is 1.89. The number of aryl methyl sites for hydroxylation is 2. The topological polar surface area (TPSA) is 56.0 Å². The number of carbonyl (C=O) groups is 1. The molecule has 2 fully saturated rings. The summed E-state index contributed by atoms with van der Waals surface area (Å²) in [6, 6.07) is 0.366. The second-order valence-electron chi connectivity index (χ2n) is 6.86. The fraction of sp³-hybridized carbons (Fsp3) is 0.588. The van der Waals surface area contributed by atoms with Crippen molar-refractivity contribution < 1.29 is 4.79 Å². The van der Waals surface area contributed by atoms with Crippen molar-refractivity contribution in [1.82, 2.24) is 24.2 Å². The van der Waals surface area contributed by atoms with Crippen LogP contribution in [0.3, 0.4) is 0 Å². The van der Waals surface area contributed by atoms with E-state index < -0.39 is 0 Å². The molecule has 1 saturated heterocycles. The van der Waals surface area contributed by atoms with Gasteiger partial charge in [-0.3, -0.25) is 9.48 Å². The van der Waals surface area contributed by atoms with Crippen LogP contribution in [0, 0.1) is 12.8 Å². The normalized spacial score (nSPS) is 27.2. The maximum absolute atomic E-state index is 12.8. The van der Waals surface area contributed by atoms with Crippen LogP contribution in [-0.2, 0) is 11.8 Å². The first kappa shape index (κ1) is 14.5. The number of carbonyl (C=O) groups excluding carboxylic acids is 1. The molecule has 1 aliphatic carbocycles.